The summed E-state index contributed by atoms with van der Waals surface area (Å²) in [5, 5.41) is 4.13. The van der Waals surface area contributed by atoms with E-state index >= 15 is 0 Å². The molecule has 1 atom stereocenters. The lowest BCUT2D eigenvalue weighted by molar-refractivity contribution is 0.249. The van der Waals surface area contributed by atoms with Crippen LogP contribution in [0.1, 0.15) is 24.5 Å². The van der Waals surface area contributed by atoms with Gasteiger partial charge in [-0.2, -0.15) is 19.8 Å². The van der Waals surface area contributed by atoms with Gasteiger partial charge in [-0.1, -0.05) is 31.0 Å². The fraction of sp³-hybridized carbons (Fsp3) is 0.375. The Morgan fingerprint density at radius 3 is 2.48 bits per heavy atom. The zero-order chi connectivity index (χ0) is 15.3. The highest BCUT2D eigenvalue weighted by atomic mass is 32.2. The number of hydrogen-bond acceptors (Lipinski definition) is 4. The topological polar surface area (TPSA) is 43.4 Å². The van der Waals surface area contributed by atoms with Crippen molar-refractivity contribution in [2.24, 2.45) is 5.92 Å². The average molecular weight is 324 g/mol. The molecule has 0 radical (unpaired) electrons. The van der Waals surface area contributed by atoms with Crippen molar-refractivity contribution < 1.29 is 12.6 Å². The van der Waals surface area contributed by atoms with Gasteiger partial charge in [0.05, 0.1) is 11.5 Å². The third-order valence-electron chi connectivity index (χ3n) is 3.45. The van der Waals surface area contributed by atoms with Crippen LogP contribution in [0.2, 0.25) is 0 Å². The van der Waals surface area contributed by atoms with E-state index < -0.39 is 10.1 Å². The van der Waals surface area contributed by atoms with Crippen molar-refractivity contribution in [2.75, 3.05) is 6.61 Å². The predicted molar refractivity (Wildman–Crippen MR) is 86.1 cm³/mol. The van der Waals surface area contributed by atoms with Crippen molar-refractivity contribution in [1.82, 2.24) is 0 Å². The quantitative estimate of drug-likeness (QED) is 0.722. The summed E-state index contributed by atoms with van der Waals surface area (Å²) in [6.45, 7) is 4.20. The molecule has 0 fully saturated rings. The van der Waals surface area contributed by atoms with Gasteiger partial charge >= 0.3 is 0 Å². The Labute approximate surface area is 130 Å². The van der Waals surface area contributed by atoms with E-state index in [9.17, 15) is 8.42 Å². The SMILES string of the molecule is CCC(COS(=O)(=O)c1ccc(C)cc1)Cc1ccsc1. The monoisotopic (exact) mass is 324 g/mol. The fourth-order valence-electron chi connectivity index (χ4n) is 2.02. The molecule has 0 amide bonds. The van der Waals surface area contributed by atoms with Crippen molar-refractivity contribution in [3.63, 3.8) is 0 Å². The highest BCUT2D eigenvalue weighted by Gasteiger charge is 2.18. The summed E-state index contributed by atoms with van der Waals surface area (Å²) < 4.78 is 29.5. The summed E-state index contributed by atoms with van der Waals surface area (Å²) in [7, 11) is -3.66. The number of benzene rings is 1. The Balaban J connectivity index is 1.98. The zero-order valence-electron chi connectivity index (χ0n) is 12.3. The molecule has 5 heteroatoms. The summed E-state index contributed by atoms with van der Waals surface area (Å²) in [5.74, 6) is 0.208. The van der Waals surface area contributed by atoms with Crippen LogP contribution in [0.3, 0.4) is 0 Å². The number of hydrogen-bond donors (Lipinski definition) is 0. The molecule has 2 aromatic rings. The highest BCUT2D eigenvalue weighted by Crippen LogP contribution is 2.19. The predicted octanol–water partition coefficient (Wildman–Crippen LogP) is 4.03. The largest absolute Gasteiger partial charge is 0.296 e. The Bertz CT molecular complexity index is 643. The molecular formula is C16H20O3S2. The summed E-state index contributed by atoms with van der Waals surface area (Å²) >= 11 is 1.65. The molecule has 0 aliphatic heterocycles. The maximum absolute atomic E-state index is 12.1. The van der Waals surface area contributed by atoms with Crippen molar-refractivity contribution in [1.29, 1.82) is 0 Å². The van der Waals surface area contributed by atoms with Crippen molar-refractivity contribution in [3.8, 4) is 0 Å². The van der Waals surface area contributed by atoms with Gasteiger partial charge in [0.15, 0.2) is 0 Å². The summed E-state index contributed by atoms with van der Waals surface area (Å²) in [6.07, 6.45) is 1.74. The first-order valence-electron chi connectivity index (χ1n) is 6.98. The lowest BCUT2D eigenvalue weighted by Gasteiger charge is -2.14. The number of rotatable bonds is 7. The lowest BCUT2D eigenvalue weighted by Crippen LogP contribution is -2.16. The Morgan fingerprint density at radius 2 is 1.90 bits per heavy atom. The first-order chi connectivity index (χ1) is 10.0. The van der Waals surface area contributed by atoms with Gasteiger partial charge in [0, 0.05) is 0 Å². The summed E-state index contributed by atoms with van der Waals surface area (Å²) in [5.41, 5.74) is 2.26. The first kappa shape index (κ1) is 16.2. The minimum absolute atomic E-state index is 0.208. The van der Waals surface area contributed by atoms with Crippen molar-refractivity contribution >= 4 is 21.5 Å². The van der Waals surface area contributed by atoms with Gasteiger partial charge in [-0.15, -0.1) is 0 Å². The van der Waals surface area contributed by atoms with E-state index in [0.717, 1.165) is 18.4 Å². The van der Waals surface area contributed by atoms with Crippen LogP contribution < -0.4 is 0 Å². The average Bonchev–Trinajstić information content (AvgIpc) is 2.97. The van der Waals surface area contributed by atoms with Crippen LogP contribution in [0.4, 0.5) is 0 Å². The van der Waals surface area contributed by atoms with Gasteiger partial charge in [0.2, 0.25) is 0 Å². The first-order valence-corrected chi connectivity index (χ1v) is 9.33. The number of aryl methyl sites for hydroxylation is 1. The summed E-state index contributed by atoms with van der Waals surface area (Å²) in [6, 6.07) is 8.80. The molecule has 0 spiro atoms. The third kappa shape index (κ3) is 4.66. The minimum Gasteiger partial charge on any atom is -0.266 e. The molecule has 0 aliphatic carbocycles. The minimum atomic E-state index is -3.66. The van der Waals surface area contributed by atoms with E-state index in [0.29, 0.717) is 0 Å². The molecule has 0 saturated carbocycles. The molecule has 1 aromatic carbocycles. The molecule has 0 aliphatic rings. The van der Waals surface area contributed by atoms with E-state index in [-0.39, 0.29) is 17.4 Å². The van der Waals surface area contributed by atoms with Crippen molar-refractivity contribution in [3.05, 3.63) is 52.2 Å². The standard InChI is InChI=1S/C16H20O3S2/c1-3-14(10-15-8-9-20-12-15)11-19-21(17,18)16-6-4-13(2)5-7-16/h4-9,12,14H,3,10-11H2,1-2H3. The Morgan fingerprint density at radius 1 is 1.19 bits per heavy atom. The molecule has 0 saturated heterocycles. The smallest absolute Gasteiger partial charge is 0.266 e. The molecule has 114 valence electrons. The fourth-order valence-corrected chi connectivity index (χ4v) is 3.68. The van der Waals surface area contributed by atoms with Gasteiger partial charge in [-0.3, -0.25) is 4.18 Å². The normalized spacial score (nSPS) is 13.2. The molecule has 21 heavy (non-hydrogen) atoms. The molecule has 1 unspecified atom stereocenters. The van der Waals surface area contributed by atoms with Crippen LogP contribution in [0.5, 0.6) is 0 Å². The highest BCUT2D eigenvalue weighted by molar-refractivity contribution is 7.86. The van der Waals surface area contributed by atoms with Gasteiger partial charge in [0.1, 0.15) is 0 Å². The second kappa shape index (κ2) is 7.20. The van der Waals surface area contributed by atoms with E-state index in [2.05, 4.69) is 18.4 Å². The van der Waals surface area contributed by atoms with Crippen LogP contribution in [0, 0.1) is 12.8 Å². The molecule has 2 rings (SSSR count). The van der Waals surface area contributed by atoms with Gasteiger partial charge in [-0.25, -0.2) is 0 Å². The van der Waals surface area contributed by atoms with E-state index in [1.165, 1.54) is 5.56 Å². The van der Waals surface area contributed by atoms with Crippen molar-refractivity contribution in [2.45, 2.75) is 31.6 Å². The van der Waals surface area contributed by atoms with E-state index in [4.69, 9.17) is 4.18 Å². The molecule has 0 bridgehead atoms. The Kier molecular flexibility index (Phi) is 5.56. The maximum Gasteiger partial charge on any atom is 0.296 e. The van der Waals surface area contributed by atoms with Crippen LogP contribution in [-0.2, 0) is 20.7 Å². The van der Waals surface area contributed by atoms with Crippen LogP contribution in [0.15, 0.2) is 46.0 Å². The Hall–Kier alpha value is -1.17. The van der Waals surface area contributed by atoms with Gasteiger partial charge in [0.25, 0.3) is 10.1 Å². The maximum atomic E-state index is 12.1. The molecule has 1 aromatic heterocycles. The van der Waals surface area contributed by atoms with Crippen LogP contribution in [-0.4, -0.2) is 15.0 Å². The number of thiophene rings is 1. The second-order valence-electron chi connectivity index (χ2n) is 5.16. The summed E-state index contributed by atoms with van der Waals surface area (Å²) in [4.78, 5) is 0.221. The van der Waals surface area contributed by atoms with Gasteiger partial charge in [-0.05, 0) is 53.8 Å². The van der Waals surface area contributed by atoms with E-state index in [1.54, 1.807) is 35.6 Å². The van der Waals surface area contributed by atoms with Gasteiger partial charge < -0.3 is 0 Å². The second-order valence-corrected chi connectivity index (χ2v) is 7.56. The lowest BCUT2D eigenvalue weighted by atomic mass is 10.00. The van der Waals surface area contributed by atoms with Crippen LogP contribution >= 0.6 is 11.3 Å². The zero-order valence-corrected chi connectivity index (χ0v) is 13.9. The molecule has 3 nitrogen and oxygen atoms in total. The van der Waals surface area contributed by atoms with Crippen LogP contribution in [0.25, 0.3) is 0 Å². The molecular weight excluding hydrogens is 304 g/mol. The van der Waals surface area contributed by atoms with E-state index in [1.807, 2.05) is 12.3 Å². The molecule has 0 N–H and O–H groups in total. The molecule has 1 heterocycles. The third-order valence-corrected chi connectivity index (χ3v) is 5.48.